The van der Waals surface area contributed by atoms with Gasteiger partial charge >= 0.3 is 11.9 Å². The minimum absolute atomic E-state index is 0.0350. The summed E-state index contributed by atoms with van der Waals surface area (Å²) in [6.45, 7) is 4.43. The quantitative estimate of drug-likeness (QED) is 0.323. The van der Waals surface area contributed by atoms with Crippen LogP contribution < -0.4 is 0 Å². The predicted molar refractivity (Wildman–Crippen MR) is 32.7 cm³/mol. The molecule has 0 bridgehead atoms. The van der Waals surface area contributed by atoms with E-state index in [2.05, 4.69) is 16.4 Å². The van der Waals surface area contributed by atoms with Gasteiger partial charge in [0.15, 0.2) is 0 Å². The van der Waals surface area contributed by atoms with Crippen molar-refractivity contribution in [3.8, 4) is 0 Å². The maximum absolute atomic E-state index is 10.4. The highest BCUT2D eigenvalue weighted by Gasteiger charge is 2.01. The van der Waals surface area contributed by atoms with Crippen LogP contribution in [0.5, 0.6) is 0 Å². The van der Waals surface area contributed by atoms with Gasteiger partial charge in [0.05, 0.1) is 6.42 Å². The number of carbonyl (C=O) groups is 2. The van der Waals surface area contributed by atoms with Gasteiger partial charge in [-0.2, -0.15) is 0 Å². The molecule has 0 aromatic carbocycles. The second-order valence-corrected chi connectivity index (χ2v) is 1.52. The monoisotopic (exact) mass is 144 g/mol. The van der Waals surface area contributed by atoms with Gasteiger partial charge in [0.2, 0.25) is 0 Å². The fourth-order valence-corrected chi connectivity index (χ4v) is 0.257. The second-order valence-electron chi connectivity index (χ2n) is 1.52. The Morgan fingerprint density at radius 1 is 1.50 bits per heavy atom. The zero-order valence-electron chi connectivity index (χ0n) is 5.62. The fourth-order valence-electron chi connectivity index (χ4n) is 0.257. The van der Waals surface area contributed by atoms with Crippen molar-refractivity contribution in [3.05, 3.63) is 12.7 Å². The average molecular weight is 144 g/mol. The van der Waals surface area contributed by atoms with Crippen LogP contribution in [0.15, 0.2) is 12.7 Å². The summed E-state index contributed by atoms with van der Waals surface area (Å²) < 4.78 is 0. The van der Waals surface area contributed by atoms with Gasteiger partial charge in [-0.3, -0.25) is 0 Å². The Morgan fingerprint density at radius 2 is 2.10 bits per heavy atom. The Bertz CT molecular complexity index is 150. The van der Waals surface area contributed by atoms with E-state index in [1.54, 1.807) is 0 Å². The molecule has 0 rings (SSSR count). The van der Waals surface area contributed by atoms with E-state index in [1.807, 2.05) is 0 Å². The molecule has 0 heterocycles. The first-order chi connectivity index (χ1) is 4.66. The van der Waals surface area contributed by atoms with Gasteiger partial charge in [0, 0.05) is 6.92 Å². The Balaban J connectivity index is 3.39. The SMILES string of the molecule is C=CCC(=O)OOC(C)=O. The third-order valence-corrected chi connectivity index (χ3v) is 0.563. The number of rotatable bonds is 2. The van der Waals surface area contributed by atoms with Gasteiger partial charge in [0.1, 0.15) is 0 Å². The van der Waals surface area contributed by atoms with Crippen LogP contribution in [-0.2, 0) is 19.4 Å². The maximum atomic E-state index is 10.4. The molecule has 0 fully saturated rings. The highest BCUT2D eigenvalue weighted by Crippen LogP contribution is 1.87. The van der Waals surface area contributed by atoms with E-state index < -0.39 is 11.9 Å². The van der Waals surface area contributed by atoms with E-state index in [-0.39, 0.29) is 6.42 Å². The average Bonchev–Trinajstić information content (AvgIpc) is 1.85. The largest absolute Gasteiger partial charge is 0.359 e. The molecule has 0 radical (unpaired) electrons. The van der Waals surface area contributed by atoms with Crippen LogP contribution in [0.1, 0.15) is 13.3 Å². The molecule has 0 aliphatic rings. The first kappa shape index (κ1) is 8.68. The number of hydrogen-bond acceptors (Lipinski definition) is 4. The predicted octanol–water partition coefficient (Wildman–Crippen LogP) is 0.584. The number of carbonyl (C=O) groups excluding carboxylic acids is 2. The van der Waals surface area contributed by atoms with E-state index >= 15 is 0 Å². The Morgan fingerprint density at radius 3 is 2.50 bits per heavy atom. The zero-order chi connectivity index (χ0) is 7.98. The first-order valence-corrected chi connectivity index (χ1v) is 2.65. The maximum Gasteiger partial charge on any atom is 0.359 e. The lowest BCUT2D eigenvalue weighted by atomic mass is 10.4. The van der Waals surface area contributed by atoms with Gasteiger partial charge < -0.3 is 0 Å². The Kier molecular flexibility index (Phi) is 3.95. The highest BCUT2D eigenvalue weighted by atomic mass is 17.2. The van der Waals surface area contributed by atoms with Crippen molar-refractivity contribution in [1.29, 1.82) is 0 Å². The summed E-state index contributed by atoms with van der Waals surface area (Å²) in [6, 6.07) is 0. The summed E-state index contributed by atoms with van der Waals surface area (Å²) in [4.78, 5) is 28.3. The lowest BCUT2D eigenvalue weighted by Crippen LogP contribution is -2.07. The van der Waals surface area contributed by atoms with Crippen molar-refractivity contribution in [3.63, 3.8) is 0 Å². The third-order valence-electron chi connectivity index (χ3n) is 0.563. The molecule has 0 N–H and O–H groups in total. The second kappa shape index (κ2) is 4.55. The summed E-state index contributed by atoms with van der Waals surface area (Å²) in [6.07, 6.45) is 1.39. The molecule has 4 heteroatoms. The third kappa shape index (κ3) is 4.83. The standard InChI is InChI=1S/C6H8O4/c1-3-4-6(8)10-9-5(2)7/h3H,1,4H2,2H3. The lowest BCUT2D eigenvalue weighted by Gasteiger charge is -1.96. The smallest absolute Gasteiger partial charge is 0.248 e. The van der Waals surface area contributed by atoms with Crippen LogP contribution in [0.3, 0.4) is 0 Å². The molecule has 0 amide bonds. The molecule has 0 aromatic heterocycles. The van der Waals surface area contributed by atoms with Crippen LogP contribution in [0.25, 0.3) is 0 Å². The van der Waals surface area contributed by atoms with E-state index in [0.717, 1.165) is 6.92 Å². The van der Waals surface area contributed by atoms with Crippen molar-refractivity contribution in [1.82, 2.24) is 0 Å². The molecule has 0 unspecified atom stereocenters. The number of hydrogen-bond donors (Lipinski definition) is 0. The van der Waals surface area contributed by atoms with Crippen LogP contribution in [0.2, 0.25) is 0 Å². The van der Waals surface area contributed by atoms with E-state index in [9.17, 15) is 9.59 Å². The van der Waals surface area contributed by atoms with Crippen LogP contribution in [0.4, 0.5) is 0 Å². The molecule has 4 nitrogen and oxygen atoms in total. The Hall–Kier alpha value is -1.32. The van der Waals surface area contributed by atoms with Crippen LogP contribution >= 0.6 is 0 Å². The summed E-state index contributed by atoms with van der Waals surface area (Å²) in [7, 11) is 0. The normalized spacial score (nSPS) is 8.10. The highest BCUT2D eigenvalue weighted by molar-refractivity contribution is 5.72. The van der Waals surface area contributed by atoms with Crippen molar-refractivity contribution in [2.75, 3.05) is 0 Å². The zero-order valence-corrected chi connectivity index (χ0v) is 5.62. The van der Waals surface area contributed by atoms with Crippen molar-refractivity contribution in [2.24, 2.45) is 0 Å². The van der Waals surface area contributed by atoms with Gasteiger partial charge in [-0.05, 0) is 0 Å². The lowest BCUT2D eigenvalue weighted by molar-refractivity contribution is -0.256. The Labute approximate surface area is 58.4 Å². The molecule has 0 aromatic rings. The molecule has 0 saturated heterocycles. The summed E-state index contributed by atoms with van der Waals surface area (Å²) in [5.74, 6) is -1.29. The van der Waals surface area contributed by atoms with E-state index in [1.165, 1.54) is 6.08 Å². The van der Waals surface area contributed by atoms with Crippen molar-refractivity contribution >= 4 is 11.9 Å². The van der Waals surface area contributed by atoms with Gasteiger partial charge in [-0.1, -0.05) is 6.08 Å². The molecule has 0 aliphatic carbocycles. The molecule has 56 valence electrons. The van der Waals surface area contributed by atoms with E-state index in [0.29, 0.717) is 0 Å². The van der Waals surface area contributed by atoms with E-state index in [4.69, 9.17) is 0 Å². The molecular weight excluding hydrogens is 136 g/mol. The minimum Gasteiger partial charge on any atom is -0.248 e. The first-order valence-electron chi connectivity index (χ1n) is 2.65. The van der Waals surface area contributed by atoms with Crippen LogP contribution in [-0.4, -0.2) is 11.9 Å². The fraction of sp³-hybridized carbons (Fsp3) is 0.333. The van der Waals surface area contributed by atoms with Gasteiger partial charge in [0.25, 0.3) is 0 Å². The molecular formula is C6H8O4. The van der Waals surface area contributed by atoms with Crippen LogP contribution in [0, 0.1) is 0 Å². The molecule has 0 atom stereocenters. The molecule has 0 aliphatic heterocycles. The summed E-state index contributed by atoms with van der Waals surface area (Å²) in [5, 5.41) is 0. The summed E-state index contributed by atoms with van der Waals surface area (Å²) >= 11 is 0. The van der Waals surface area contributed by atoms with Crippen molar-refractivity contribution < 1.29 is 19.4 Å². The minimum atomic E-state index is -0.655. The van der Waals surface area contributed by atoms with Gasteiger partial charge in [-0.25, -0.2) is 19.4 Å². The molecule has 0 spiro atoms. The topological polar surface area (TPSA) is 52.6 Å². The van der Waals surface area contributed by atoms with Gasteiger partial charge in [-0.15, -0.1) is 6.58 Å². The summed E-state index contributed by atoms with van der Waals surface area (Å²) in [5.41, 5.74) is 0. The molecule has 10 heavy (non-hydrogen) atoms. The van der Waals surface area contributed by atoms with Crippen molar-refractivity contribution in [2.45, 2.75) is 13.3 Å². The molecule has 0 saturated carbocycles.